The minimum Gasteiger partial charge on any atom is -0.462 e. The van der Waals surface area contributed by atoms with Crippen molar-refractivity contribution in [1.29, 1.82) is 0 Å². The van der Waals surface area contributed by atoms with Crippen LogP contribution in [0.1, 0.15) is 393 Å². The molecule has 6 heteroatoms. The Hall–Kier alpha value is -2.63. The molecule has 0 saturated carbocycles. The Morgan fingerprint density at radius 1 is 0.259 bits per heavy atom. The normalized spacial score (nSPS) is 12.3. The van der Waals surface area contributed by atoms with Crippen molar-refractivity contribution in [2.75, 3.05) is 13.2 Å². The van der Waals surface area contributed by atoms with Gasteiger partial charge in [0, 0.05) is 19.3 Å². The van der Waals surface area contributed by atoms with E-state index >= 15 is 0 Å². The molecule has 81 heavy (non-hydrogen) atoms. The van der Waals surface area contributed by atoms with Gasteiger partial charge in [-0.3, -0.25) is 14.4 Å². The number of unbranched alkanes of at least 4 members (excludes halogenated alkanes) is 48. The molecule has 6 nitrogen and oxygen atoms in total. The minimum absolute atomic E-state index is 0.0896. The average Bonchev–Trinajstić information content (AvgIpc) is 3.46. The van der Waals surface area contributed by atoms with Crippen LogP contribution in [0.3, 0.4) is 0 Å². The first-order valence-electron chi connectivity index (χ1n) is 36.1. The highest BCUT2D eigenvalue weighted by molar-refractivity contribution is 5.71. The molecule has 0 heterocycles. The van der Waals surface area contributed by atoms with Crippen molar-refractivity contribution >= 4 is 17.9 Å². The number of hydrogen-bond donors (Lipinski definition) is 0. The summed E-state index contributed by atoms with van der Waals surface area (Å²) < 4.78 is 16.9. The summed E-state index contributed by atoms with van der Waals surface area (Å²) in [5.41, 5.74) is 0. The molecule has 0 bridgehead atoms. The summed E-state index contributed by atoms with van der Waals surface area (Å²) in [5, 5.41) is 0. The van der Waals surface area contributed by atoms with Crippen molar-refractivity contribution in [3.8, 4) is 0 Å². The van der Waals surface area contributed by atoms with Crippen molar-refractivity contribution in [2.45, 2.75) is 399 Å². The van der Waals surface area contributed by atoms with Gasteiger partial charge in [0.2, 0.25) is 0 Å². The molecule has 474 valence electrons. The van der Waals surface area contributed by atoms with E-state index in [1.165, 1.54) is 283 Å². The third kappa shape index (κ3) is 68.0. The fourth-order valence-electron chi connectivity index (χ4n) is 11.0. The lowest BCUT2D eigenvalue weighted by Gasteiger charge is -2.18. The van der Waals surface area contributed by atoms with E-state index in [0.29, 0.717) is 19.3 Å². The number of hydrogen-bond acceptors (Lipinski definition) is 6. The van der Waals surface area contributed by atoms with Crippen LogP contribution in [0.15, 0.2) is 48.6 Å². The third-order valence-electron chi connectivity index (χ3n) is 16.4. The molecule has 0 fully saturated rings. The number of allylic oxidation sites excluding steroid dienone is 8. The van der Waals surface area contributed by atoms with Crippen molar-refractivity contribution in [3.05, 3.63) is 48.6 Å². The fraction of sp³-hybridized carbons (Fsp3) is 0.853. The number of carbonyl (C=O) groups excluding carboxylic acids is 3. The first-order valence-corrected chi connectivity index (χ1v) is 36.1. The molecule has 1 atom stereocenters. The maximum atomic E-state index is 12.9. The molecule has 0 rings (SSSR count). The molecule has 0 amide bonds. The highest BCUT2D eigenvalue weighted by Crippen LogP contribution is 2.19. The largest absolute Gasteiger partial charge is 0.462 e. The Balaban J connectivity index is 4.23. The lowest BCUT2D eigenvalue weighted by molar-refractivity contribution is -0.166. The van der Waals surface area contributed by atoms with E-state index < -0.39 is 6.10 Å². The van der Waals surface area contributed by atoms with Gasteiger partial charge in [-0.25, -0.2) is 0 Å². The molecule has 0 aromatic heterocycles. The zero-order valence-electron chi connectivity index (χ0n) is 54.6. The Kier molecular flexibility index (Phi) is 67.6. The Labute approximate surface area is 505 Å². The quantitative estimate of drug-likeness (QED) is 0.0261. The first kappa shape index (κ1) is 78.4. The summed E-state index contributed by atoms with van der Waals surface area (Å²) in [4.78, 5) is 38.4. The summed E-state index contributed by atoms with van der Waals surface area (Å²) in [5.74, 6) is -0.947. The lowest BCUT2D eigenvalue weighted by atomic mass is 10.0. The highest BCUT2D eigenvalue weighted by Gasteiger charge is 2.19. The van der Waals surface area contributed by atoms with Crippen LogP contribution in [0.4, 0.5) is 0 Å². The van der Waals surface area contributed by atoms with Gasteiger partial charge < -0.3 is 14.2 Å². The highest BCUT2D eigenvalue weighted by atomic mass is 16.6. The molecule has 0 aromatic rings. The summed E-state index contributed by atoms with van der Waals surface area (Å²) in [6, 6.07) is 0. The van der Waals surface area contributed by atoms with Crippen molar-refractivity contribution in [1.82, 2.24) is 0 Å². The Morgan fingerprint density at radius 2 is 0.481 bits per heavy atom. The van der Waals surface area contributed by atoms with E-state index in [2.05, 4.69) is 63.3 Å². The zero-order valence-corrected chi connectivity index (χ0v) is 54.6. The molecule has 0 aliphatic heterocycles. The van der Waals surface area contributed by atoms with Crippen LogP contribution in [-0.2, 0) is 28.6 Å². The van der Waals surface area contributed by atoms with Gasteiger partial charge in [-0.05, 0) is 44.9 Å². The molecular weight excluding hydrogens is 997 g/mol. The van der Waals surface area contributed by atoms with Gasteiger partial charge in [0.1, 0.15) is 13.2 Å². The van der Waals surface area contributed by atoms with Gasteiger partial charge in [-0.1, -0.05) is 378 Å². The number of carbonyl (C=O) groups is 3. The molecular formula is C75H138O6. The molecule has 0 aliphatic rings. The molecule has 0 saturated heterocycles. The predicted octanol–water partition coefficient (Wildman–Crippen LogP) is 24.9. The van der Waals surface area contributed by atoms with E-state index in [1.807, 2.05) is 6.08 Å². The third-order valence-corrected chi connectivity index (χ3v) is 16.4. The van der Waals surface area contributed by atoms with Crippen LogP contribution < -0.4 is 0 Å². The molecule has 0 radical (unpaired) electrons. The minimum atomic E-state index is -0.800. The summed E-state index contributed by atoms with van der Waals surface area (Å²) in [7, 11) is 0. The maximum absolute atomic E-state index is 12.9. The van der Waals surface area contributed by atoms with Crippen molar-refractivity contribution in [2.24, 2.45) is 0 Å². The van der Waals surface area contributed by atoms with Crippen molar-refractivity contribution in [3.63, 3.8) is 0 Å². The molecule has 0 aromatic carbocycles. The second kappa shape index (κ2) is 69.9. The number of ether oxygens (including phenoxy) is 3. The zero-order chi connectivity index (χ0) is 58.5. The van der Waals surface area contributed by atoms with Crippen molar-refractivity contribution < 1.29 is 28.6 Å². The van der Waals surface area contributed by atoms with Gasteiger partial charge in [0.25, 0.3) is 0 Å². The molecule has 0 N–H and O–H groups in total. The maximum Gasteiger partial charge on any atom is 0.306 e. The van der Waals surface area contributed by atoms with Gasteiger partial charge in [-0.2, -0.15) is 0 Å². The Morgan fingerprint density at radius 3 is 0.753 bits per heavy atom. The summed E-state index contributed by atoms with van der Waals surface area (Å²) in [6.45, 7) is 6.54. The van der Waals surface area contributed by atoms with Gasteiger partial charge in [0.15, 0.2) is 6.10 Å². The van der Waals surface area contributed by atoms with Crippen LogP contribution in [0, 0.1) is 0 Å². The molecule has 0 aliphatic carbocycles. The predicted molar refractivity (Wildman–Crippen MR) is 353 cm³/mol. The van der Waals surface area contributed by atoms with E-state index in [4.69, 9.17) is 14.2 Å². The van der Waals surface area contributed by atoms with Crippen LogP contribution in [0.2, 0.25) is 0 Å². The first-order chi connectivity index (χ1) is 40.0. The second-order valence-electron chi connectivity index (χ2n) is 24.5. The van der Waals surface area contributed by atoms with E-state index in [9.17, 15) is 14.4 Å². The van der Waals surface area contributed by atoms with Gasteiger partial charge >= 0.3 is 17.9 Å². The second-order valence-corrected chi connectivity index (χ2v) is 24.5. The van der Waals surface area contributed by atoms with Crippen LogP contribution in [0.25, 0.3) is 0 Å². The number of rotatable bonds is 67. The standard InChI is InChI=1S/C75H138O6/c1-4-7-10-13-16-19-22-25-27-29-31-33-35-37-38-40-41-43-45-47-50-53-56-59-62-65-68-74(77)80-71-72(70-79-73(76)67-64-61-58-55-52-49-24-21-18-15-12-9-6-3)81-75(78)69-66-63-60-57-54-51-48-46-44-42-39-36-34-32-30-28-26-23-20-17-14-11-8-5-2/h9,12,18,21,49,52,58,61,72H,4-8,10-11,13-17,19-20,22-48,50-51,53-57,59-60,62-71H2,1-3H3/b12-9-,21-18-,52-49-,61-58-. The topological polar surface area (TPSA) is 78.9 Å². The van der Waals surface area contributed by atoms with E-state index in [-0.39, 0.29) is 37.5 Å². The van der Waals surface area contributed by atoms with E-state index in [0.717, 1.165) is 64.2 Å². The summed E-state index contributed by atoms with van der Waals surface area (Å²) >= 11 is 0. The van der Waals surface area contributed by atoms with Crippen LogP contribution in [0.5, 0.6) is 0 Å². The average molecular weight is 1140 g/mol. The fourth-order valence-corrected chi connectivity index (χ4v) is 11.0. The SMILES string of the molecule is CC/C=C\C/C=C\C/C=C\C/C=C\CCC(=O)OCC(COC(=O)CCCCCCCCCCCCCCCCCCCCCCCCCCCC)OC(=O)CCCCCCCCCCCCCCCCCCCCCCCCCC. The van der Waals surface area contributed by atoms with Crippen LogP contribution >= 0.6 is 0 Å². The summed E-state index contributed by atoms with van der Waals surface area (Å²) in [6.07, 6.45) is 88.9. The Bertz CT molecular complexity index is 1400. The number of esters is 3. The van der Waals surface area contributed by atoms with Gasteiger partial charge in [0.05, 0.1) is 0 Å². The smallest absolute Gasteiger partial charge is 0.306 e. The van der Waals surface area contributed by atoms with Gasteiger partial charge in [-0.15, -0.1) is 0 Å². The van der Waals surface area contributed by atoms with Crippen LogP contribution in [-0.4, -0.2) is 37.2 Å². The molecule has 0 spiro atoms. The lowest BCUT2D eigenvalue weighted by Crippen LogP contribution is -2.30. The monoisotopic (exact) mass is 1140 g/mol. The molecule has 1 unspecified atom stereocenters. The van der Waals surface area contributed by atoms with E-state index in [1.54, 1.807) is 0 Å².